The first kappa shape index (κ1) is 14.5. The zero-order valence-corrected chi connectivity index (χ0v) is 12.1. The van der Waals surface area contributed by atoms with Crippen LogP contribution < -0.4 is 0 Å². The number of nitrogens with zero attached hydrogens (tertiary/aromatic N) is 2. The smallest absolute Gasteiger partial charge is 0.141 e. The Kier molecular flexibility index (Phi) is 4.99. The summed E-state index contributed by atoms with van der Waals surface area (Å²) in [5.41, 5.74) is -0.441. The van der Waals surface area contributed by atoms with Gasteiger partial charge in [0.1, 0.15) is 17.5 Å². The van der Waals surface area contributed by atoms with Gasteiger partial charge in [0.25, 0.3) is 0 Å². The van der Waals surface area contributed by atoms with Crippen molar-refractivity contribution in [3.05, 3.63) is 18.2 Å². The number of aliphatic hydroxyl groups is 1. The summed E-state index contributed by atoms with van der Waals surface area (Å²) in [6.07, 6.45) is 9.66. The van der Waals surface area contributed by atoms with Crippen LogP contribution in [-0.2, 0) is 11.3 Å². The second-order valence-corrected chi connectivity index (χ2v) is 5.39. The molecule has 19 heavy (non-hydrogen) atoms. The van der Waals surface area contributed by atoms with Crippen molar-refractivity contribution in [2.75, 3.05) is 6.61 Å². The van der Waals surface area contributed by atoms with Crippen LogP contribution in [0.15, 0.2) is 12.4 Å². The minimum atomic E-state index is -0.625. The Hall–Kier alpha value is -0.870. The zero-order chi connectivity index (χ0) is 13.7. The lowest BCUT2D eigenvalue weighted by Crippen LogP contribution is -2.40. The number of hydrogen-bond donors (Lipinski definition) is 1. The molecule has 0 radical (unpaired) electrons. The summed E-state index contributed by atoms with van der Waals surface area (Å²) in [6.45, 7) is 5.54. The van der Waals surface area contributed by atoms with Gasteiger partial charge in [-0.3, -0.25) is 0 Å². The van der Waals surface area contributed by atoms with Crippen LogP contribution in [0.25, 0.3) is 0 Å². The Morgan fingerprint density at radius 2 is 2.00 bits per heavy atom. The molecule has 1 N–H and O–H groups in total. The molecule has 0 spiro atoms. The fourth-order valence-electron chi connectivity index (χ4n) is 3.18. The van der Waals surface area contributed by atoms with E-state index in [2.05, 4.69) is 11.9 Å². The highest BCUT2D eigenvalue weighted by molar-refractivity contribution is 5.05. The van der Waals surface area contributed by atoms with Crippen LogP contribution in [0.1, 0.15) is 64.3 Å². The van der Waals surface area contributed by atoms with E-state index >= 15 is 0 Å². The third-order valence-electron chi connectivity index (χ3n) is 4.21. The number of ether oxygens (including phenoxy) is 1. The molecule has 1 fully saturated rings. The van der Waals surface area contributed by atoms with Crippen LogP contribution in [0.3, 0.4) is 0 Å². The average Bonchev–Trinajstić information content (AvgIpc) is 2.77. The molecule has 1 atom stereocenters. The van der Waals surface area contributed by atoms with Gasteiger partial charge in [-0.2, -0.15) is 0 Å². The largest absolute Gasteiger partial charge is 0.382 e. The lowest BCUT2D eigenvalue weighted by atomic mass is 9.87. The number of rotatable bonds is 5. The molecule has 4 nitrogen and oxygen atoms in total. The van der Waals surface area contributed by atoms with Gasteiger partial charge in [0.05, 0.1) is 0 Å². The van der Waals surface area contributed by atoms with Gasteiger partial charge in [0.2, 0.25) is 0 Å². The fraction of sp³-hybridized carbons (Fsp3) is 0.800. The van der Waals surface area contributed by atoms with E-state index in [0.717, 1.165) is 38.1 Å². The van der Waals surface area contributed by atoms with E-state index in [1.54, 1.807) is 6.20 Å². The quantitative estimate of drug-likeness (QED) is 0.833. The van der Waals surface area contributed by atoms with E-state index in [9.17, 15) is 5.11 Å². The summed E-state index contributed by atoms with van der Waals surface area (Å²) >= 11 is 0. The number of imidazole rings is 1. The summed E-state index contributed by atoms with van der Waals surface area (Å²) in [5.74, 6) is 0.748. The van der Waals surface area contributed by atoms with Crippen LogP contribution in [0.5, 0.6) is 0 Å². The highest BCUT2D eigenvalue weighted by Gasteiger charge is 2.41. The maximum absolute atomic E-state index is 10.8. The molecular formula is C15H26N2O2. The second-order valence-electron chi connectivity index (χ2n) is 5.39. The van der Waals surface area contributed by atoms with Crippen molar-refractivity contribution >= 4 is 0 Å². The minimum absolute atomic E-state index is 0.441. The van der Waals surface area contributed by atoms with Gasteiger partial charge in [0.15, 0.2) is 0 Å². The van der Waals surface area contributed by atoms with E-state index in [0.29, 0.717) is 6.61 Å². The first-order valence-electron chi connectivity index (χ1n) is 7.56. The molecule has 0 aliphatic heterocycles. The minimum Gasteiger partial charge on any atom is -0.382 e. The van der Waals surface area contributed by atoms with Crippen molar-refractivity contribution in [3.63, 3.8) is 0 Å². The molecule has 1 aromatic rings. The van der Waals surface area contributed by atoms with Gasteiger partial charge in [-0.15, -0.1) is 0 Å². The summed E-state index contributed by atoms with van der Waals surface area (Å²) in [5, 5.41) is 10.8. The van der Waals surface area contributed by atoms with Crippen molar-refractivity contribution in [2.45, 2.75) is 70.6 Å². The Labute approximate surface area is 115 Å². The van der Waals surface area contributed by atoms with Gasteiger partial charge in [-0.1, -0.05) is 25.7 Å². The fourth-order valence-corrected chi connectivity index (χ4v) is 3.18. The van der Waals surface area contributed by atoms with Crippen LogP contribution in [0.2, 0.25) is 0 Å². The number of aromatic nitrogens is 2. The third kappa shape index (κ3) is 3.00. The van der Waals surface area contributed by atoms with Gasteiger partial charge in [-0.05, 0) is 26.7 Å². The molecule has 1 aromatic heterocycles. The standard InChI is InChI=1S/C15H26N2O2/c1-3-17-12-11-16-14(17)13(18)15(19-4-2)9-7-5-6-8-10-15/h11-13,18H,3-10H2,1-2H3. The Morgan fingerprint density at radius 1 is 1.32 bits per heavy atom. The molecular weight excluding hydrogens is 240 g/mol. The maximum Gasteiger partial charge on any atom is 0.141 e. The van der Waals surface area contributed by atoms with Crippen LogP contribution in [0, 0.1) is 0 Å². The summed E-state index contributed by atoms with van der Waals surface area (Å²) in [4.78, 5) is 4.35. The molecule has 0 bridgehead atoms. The molecule has 1 unspecified atom stereocenters. The van der Waals surface area contributed by atoms with Gasteiger partial charge in [-0.25, -0.2) is 4.98 Å². The second kappa shape index (κ2) is 6.53. The molecule has 0 amide bonds. The lowest BCUT2D eigenvalue weighted by Gasteiger charge is -2.37. The van der Waals surface area contributed by atoms with Crippen LogP contribution in [-0.4, -0.2) is 26.9 Å². The van der Waals surface area contributed by atoms with E-state index in [-0.39, 0.29) is 0 Å². The van der Waals surface area contributed by atoms with E-state index in [1.165, 1.54) is 12.8 Å². The SMILES string of the molecule is CCOC1(C(O)c2nccn2CC)CCCCCC1. The van der Waals surface area contributed by atoms with Crippen molar-refractivity contribution in [1.29, 1.82) is 0 Å². The lowest BCUT2D eigenvalue weighted by molar-refractivity contribution is -0.135. The first-order valence-corrected chi connectivity index (χ1v) is 7.56. The zero-order valence-electron chi connectivity index (χ0n) is 12.1. The number of aryl methyl sites for hydroxylation is 1. The molecule has 4 heteroatoms. The summed E-state index contributed by atoms with van der Waals surface area (Å²) in [7, 11) is 0. The van der Waals surface area contributed by atoms with Crippen molar-refractivity contribution in [2.24, 2.45) is 0 Å². The van der Waals surface area contributed by atoms with E-state index < -0.39 is 11.7 Å². The maximum atomic E-state index is 10.8. The monoisotopic (exact) mass is 266 g/mol. The molecule has 1 aliphatic rings. The summed E-state index contributed by atoms with van der Waals surface area (Å²) < 4.78 is 8.04. The molecule has 1 saturated carbocycles. The Bertz CT molecular complexity index is 381. The third-order valence-corrected chi connectivity index (χ3v) is 4.21. The van der Waals surface area contributed by atoms with Gasteiger partial charge in [0, 0.05) is 25.5 Å². The number of aliphatic hydroxyl groups excluding tert-OH is 1. The predicted molar refractivity (Wildman–Crippen MR) is 74.9 cm³/mol. The van der Waals surface area contributed by atoms with Gasteiger partial charge < -0.3 is 14.4 Å². The molecule has 0 saturated heterocycles. The van der Waals surface area contributed by atoms with Crippen molar-refractivity contribution < 1.29 is 9.84 Å². The molecule has 1 aliphatic carbocycles. The van der Waals surface area contributed by atoms with Crippen LogP contribution >= 0.6 is 0 Å². The Morgan fingerprint density at radius 3 is 2.58 bits per heavy atom. The molecule has 1 heterocycles. The van der Waals surface area contributed by atoms with Crippen molar-refractivity contribution in [1.82, 2.24) is 9.55 Å². The first-order chi connectivity index (χ1) is 9.23. The average molecular weight is 266 g/mol. The topological polar surface area (TPSA) is 47.3 Å². The molecule has 108 valence electrons. The summed E-state index contributed by atoms with van der Waals surface area (Å²) in [6, 6.07) is 0. The van der Waals surface area contributed by atoms with E-state index in [4.69, 9.17) is 4.74 Å². The molecule has 0 aromatic carbocycles. The van der Waals surface area contributed by atoms with Crippen LogP contribution in [0.4, 0.5) is 0 Å². The molecule has 2 rings (SSSR count). The highest BCUT2D eigenvalue weighted by Crippen LogP contribution is 2.40. The Balaban J connectivity index is 2.26. The normalized spacial score (nSPS) is 21.0. The number of hydrogen-bond acceptors (Lipinski definition) is 3. The van der Waals surface area contributed by atoms with E-state index in [1.807, 2.05) is 17.7 Å². The van der Waals surface area contributed by atoms with Gasteiger partial charge >= 0.3 is 0 Å². The van der Waals surface area contributed by atoms with Crippen molar-refractivity contribution in [3.8, 4) is 0 Å². The highest BCUT2D eigenvalue weighted by atomic mass is 16.5. The predicted octanol–water partition coefficient (Wildman–Crippen LogP) is 3.07.